The number of aromatic nitrogens is 2. The average molecular weight is 482 g/mol. The summed E-state index contributed by atoms with van der Waals surface area (Å²) in [5.74, 6) is -0.294. The molecule has 2 N–H and O–H groups in total. The van der Waals surface area contributed by atoms with Gasteiger partial charge in [-0.05, 0) is 46.6 Å². The van der Waals surface area contributed by atoms with Gasteiger partial charge in [0.05, 0.1) is 4.92 Å². The fraction of sp³-hybridized carbons (Fsp3) is 0.524. The predicted octanol–water partition coefficient (Wildman–Crippen LogP) is 3.52. The maximum atomic E-state index is 13.0. The number of amides is 1. The maximum absolute atomic E-state index is 13.0. The average Bonchev–Trinajstić information content (AvgIpc) is 3.08. The van der Waals surface area contributed by atoms with Crippen LogP contribution in [0.15, 0.2) is 23.1 Å². The summed E-state index contributed by atoms with van der Waals surface area (Å²) < 4.78 is 35.9. The smallest absolute Gasteiger partial charge is 0.272 e. The van der Waals surface area contributed by atoms with Crippen molar-refractivity contribution in [2.45, 2.75) is 77.9 Å². The van der Waals surface area contributed by atoms with E-state index in [2.05, 4.69) is 15.1 Å². The van der Waals surface area contributed by atoms with Crippen LogP contribution in [0.3, 0.4) is 0 Å². The highest BCUT2D eigenvalue weighted by atomic mass is 32.2. The van der Waals surface area contributed by atoms with Gasteiger partial charge in [0.2, 0.25) is 15.9 Å². The number of carbonyl (C=O) groups excluding carboxylic acids is 1. The standard InChI is InChI=1S/C21H31N5O6S/c1-7-13(4)22-20(27)19-15(6)21(25(9-3)23-19)32-17-11-10-16(26(28)29)12-18(17)33(30,31)24-14(5)8-2/h10-14,24H,7-9H2,1-6H3,(H,22,27)/t13-,14-/m1/s1. The summed E-state index contributed by atoms with van der Waals surface area (Å²) in [6.07, 6.45) is 1.27. The number of non-ortho nitro benzene ring substituents is 1. The minimum absolute atomic E-state index is 0.0499. The third-order valence-electron chi connectivity index (χ3n) is 5.24. The molecule has 0 saturated carbocycles. The third-order valence-corrected chi connectivity index (χ3v) is 6.85. The van der Waals surface area contributed by atoms with Crippen LogP contribution >= 0.6 is 0 Å². The van der Waals surface area contributed by atoms with E-state index in [-0.39, 0.29) is 45.9 Å². The van der Waals surface area contributed by atoms with Crippen molar-refractivity contribution in [1.29, 1.82) is 0 Å². The van der Waals surface area contributed by atoms with Crippen LogP contribution in [0.25, 0.3) is 0 Å². The van der Waals surface area contributed by atoms with Crippen molar-refractivity contribution >= 4 is 21.6 Å². The summed E-state index contributed by atoms with van der Waals surface area (Å²) in [6.45, 7) is 11.1. The van der Waals surface area contributed by atoms with Gasteiger partial charge >= 0.3 is 0 Å². The number of benzene rings is 1. The molecule has 0 spiro atoms. The number of aryl methyl sites for hydroxylation is 1. The zero-order chi connectivity index (χ0) is 24.9. The molecule has 0 saturated heterocycles. The number of nitro groups is 1. The summed E-state index contributed by atoms with van der Waals surface area (Å²) in [5.41, 5.74) is 0.201. The molecule has 182 valence electrons. The van der Waals surface area contributed by atoms with E-state index in [9.17, 15) is 23.3 Å². The Balaban J connectivity index is 2.56. The van der Waals surface area contributed by atoms with Crippen LogP contribution in [0.5, 0.6) is 11.6 Å². The van der Waals surface area contributed by atoms with Gasteiger partial charge in [-0.3, -0.25) is 14.9 Å². The summed E-state index contributed by atoms with van der Waals surface area (Å²) in [4.78, 5) is 22.9. The van der Waals surface area contributed by atoms with Crippen LogP contribution in [0.2, 0.25) is 0 Å². The minimum Gasteiger partial charge on any atom is -0.438 e. The number of rotatable bonds is 11. The second-order valence-electron chi connectivity index (χ2n) is 7.80. The van der Waals surface area contributed by atoms with Crippen molar-refractivity contribution in [1.82, 2.24) is 19.8 Å². The lowest BCUT2D eigenvalue weighted by Gasteiger charge is -2.16. The molecule has 0 aliphatic heterocycles. The Morgan fingerprint density at radius 3 is 2.39 bits per heavy atom. The number of nitro benzene ring substituents is 1. The molecule has 0 fully saturated rings. The Kier molecular flexibility index (Phi) is 8.56. The third kappa shape index (κ3) is 6.08. The monoisotopic (exact) mass is 481 g/mol. The van der Waals surface area contributed by atoms with Crippen LogP contribution in [0.1, 0.15) is 63.5 Å². The molecule has 1 aromatic carbocycles. The first-order valence-corrected chi connectivity index (χ1v) is 12.3. The topological polar surface area (TPSA) is 145 Å². The zero-order valence-corrected chi connectivity index (χ0v) is 20.5. The minimum atomic E-state index is -4.13. The Labute approximate surface area is 193 Å². The zero-order valence-electron chi connectivity index (χ0n) is 19.7. The summed E-state index contributed by atoms with van der Waals surface area (Å²) in [5, 5.41) is 18.4. The second kappa shape index (κ2) is 10.8. The number of carbonyl (C=O) groups is 1. The molecular formula is C21H31N5O6S. The highest BCUT2D eigenvalue weighted by molar-refractivity contribution is 7.89. The highest BCUT2D eigenvalue weighted by Crippen LogP contribution is 2.34. The molecule has 1 aromatic heterocycles. The van der Waals surface area contributed by atoms with E-state index < -0.39 is 14.9 Å². The van der Waals surface area contributed by atoms with Gasteiger partial charge < -0.3 is 10.1 Å². The first-order chi connectivity index (χ1) is 15.4. The number of ether oxygens (including phenoxy) is 1. The fourth-order valence-electron chi connectivity index (χ4n) is 2.91. The van der Waals surface area contributed by atoms with Gasteiger partial charge in [-0.1, -0.05) is 13.8 Å². The van der Waals surface area contributed by atoms with Gasteiger partial charge in [0.15, 0.2) is 5.69 Å². The van der Waals surface area contributed by atoms with Crippen molar-refractivity contribution in [3.8, 4) is 11.6 Å². The normalized spacial score (nSPS) is 13.4. The van der Waals surface area contributed by atoms with E-state index in [4.69, 9.17) is 4.74 Å². The highest BCUT2D eigenvalue weighted by Gasteiger charge is 2.28. The molecule has 0 aliphatic carbocycles. The van der Waals surface area contributed by atoms with Gasteiger partial charge in [-0.25, -0.2) is 17.8 Å². The van der Waals surface area contributed by atoms with Crippen molar-refractivity contribution in [3.63, 3.8) is 0 Å². The van der Waals surface area contributed by atoms with E-state index in [1.807, 2.05) is 20.8 Å². The molecule has 0 aliphatic rings. The molecule has 2 atom stereocenters. The van der Waals surface area contributed by atoms with Crippen LogP contribution in [0.4, 0.5) is 5.69 Å². The Bertz CT molecular complexity index is 1130. The predicted molar refractivity (Wildman–Crippen MR) is 123 cm³/mol. The van der Waals surface area contributed by atoms with Crippen LogP contribution in [-0.4, -0.2) is 41.1 Å². The second-order valence-corrected chi connectivity index (χ2v) is 9.48. The lowest BCUT2D eigenvalue weighted by atomic mass is 10.2. The van der Waals surface area contributed by atoms with E-state index in [0.717, 1.165) is 18.6 Å². The summed E-state index contributed by atoms with van der Waals surface area (Å²) >= 11 is 0. The first kappa shape index (κ1) is 26.3. The number of sulfonamides is 1. The van der Waals surface area contributed by atoms with Crippen molar-refractivity contribution in [2.75, 3.05) is 0 Å². The first-order valence-electron chi connectivity index (χ1n) is 10.8. The van der Waals surface area contributed by atoms with Crippen molar-refractivity contribution < 1.29 is 22.9 Å². The quantitative estimate of drug-likeness (QED) is 0.369. The van der Waals surface area contributed by atoms with Gasteiger partial charge in [0.25, 0.3) is 11.6 Å². The Hall–Kier alpha value is -2.99. The van der Waals surface area contributed by atoms with Gasteiger partial charge in [0, 0.05) is 36.3 Å². The van der Waals surface area contributed by atoms with Crippen molar-refractivity contribution in [2.24, 2.45) is 0 Å². The van der Waals surface area contributed by atoms with Gasteiger partial charge in [-0.2, -0.15) is 5.10 Å². The molecule has 11 nitrogen and oxygen atoms in total. The summed E-state index contributed by atoms with van der Waals surface area (Å²) in [7, 11) is -4.13. The molecule has 2 rings (SSSR count). The Morgan fingerprint density at radius 1 is 1.21 bits per heavy atom. The van der Waals surface area contributed by atoms with E-state index in [1.165, 1.54) is 10.7 Å². The molecule has 1 heterocycles. The molecule has 0 unspecified atom stereocenters. The Morgan fingerprint density at radius 2 is 1.85 bits per heavy atom. The van der Waals surface area contributed by atoms with Crippen LogP contribution in [0, 0.1) is 17.0 Å². The SMILES string of the molecule is CC[C@@H](C)NC(=O)c1nn(CC)c(Oc2ccc([N+](=O)[O-])cc2S(=O)(=O)N[C@H](C)CC)c1C. The molecule has 2 aromatic rings. The molecule has 33 heavy (non-hydrogen) atoms. The maximum Gasteiger partial charge on any atom is 0.272 e. The number of hydrogen-bond donors (Lipinski definition) is 2. The van der Waals surface area contributed by atoms with Crippen LogP contribution < -0.4 is 14.8 Å². The molecular weight excluding hydrogens is 450 g/mol. The molecule has 1 amide bonds. The largest absolute Gasteiger partial charge is 0.438 e. The van der Waals surface area contributed by atoms with E-state index >= 15 is 0 Å². The number of nitrogens with zero attached hydrogens (tertiary/aromatic N) is 3. The van der Waals surface area contributed by atoms with Crippen molar-refractivity contribution in [3.05, 3.63) is 39.6 Å². The summed E-state index contributed by atoms with van der Waals surface area (Å²) in [6, 6.07) is 2.91. The molecule has 12 heteroatoms. The number of hydrogen-bond acceptors (Lipinski definition) is 7. The van der Waals surface area contributed by atoms with Gasteiger partial charge in [0.1, 0.15) is 10.6 Å². The lowest BCUT2D eigenvalue weighted by Crippen LogP contribution is -2.32. The lowest BCUT2D eigenvalue weighted by molar-refractivity contribution is -0.385. The van der Waals surface area contributed by atoms with E-state index in [1.54, 1.807) is 20.8 Å². The van der Waals surface area contributed by atoms with E-state index in [0.29, 0.717) is 18.5 Å². The van der Waals surface area contributed by atoms with Crippen LogP contribution in [-0.2, 0) is 16.6 Å². The molecule has 0 radical (unpaired) electrons. The fourth-order valence-corrected chi connectivity index (χ4v) is 4.38. The van der Waals surface area contributed by atoms with Gasteiger partial charge in [-0.15, -0.1) is 0 Å². The molecule has 0 bridgehead atoms. The number of nitrogens with one attached hydrogen (secondary N) is 2.